The van der Waals surface area contributed by atoms with Crippen LogP contribution >= 0.6 is 11.8 Å². The number of piperidine rings is 1. The quantitative estimate of drug-likeness (QED) is 0.199. The SMILES string of the molecule is CC(C)(C)OC(O)N1CCC2C(=NS(=O)(=O)c3ccc(N[C@H](CCN4CCOCC4)CSc4ccccc4)c(S(=O)(=O)C(F)(F)F)c3)NC=NC2C1. The number of aliphatic imine (C=N–C) groups is 1. The van der Waals surface area contributed by atoms with Gasteiger partial charge in [-0.3, -0.25) is 14.8 Å². The molecule has 0 saturated carbocycles. The summed E-state index contributed by atoms with van der Waals surface area (Å²) in [4.78, 5) is 7.20. The number of nitrogens with one attached hydrogen (secondary N) is 2. The zero-order valence-electron chi connectivity index (χ0n) is 29.1. The van der Waals surface area contributed by atoms with Crippen LogP contribution in [0.2, 0.25) is 0 Å². The maximum atomic E-state index is 14.1. The summed E-state index contributed by atoms with van der Waals surface area (Å²) < 4.78 is 111. The van der Waals surface area contributed by atoms with E-state index in [9.17, 15) is 35.1 Å². The molecule has 3 N–H and O–H groups in total. The number of hydrogen-bond acceptors (Lipinski definition) is 12. The number of likely N-dealkylation sites (tertiary alicyclic amines) is 1. The van der Waals surface area contributed by atoms with Crippen molar-refractivity contribution in [3.8, 4) is 0 Å². The van der Waals surface area contributed by atoms with E-state index < -0.39 is 65.2 Å². The summed E-state index contributed by atoms with van der Waals surface area (Å²) in [5, 5.41) is 16.3. The molecule has 0 bridgehead atoms. The first-order valence-corrected chi connectivity index (χ1v) is 20.8. The summed E-state index contributed by atoms with van der Waals surface area (Å²) in [6.45, 7) is 9.01. The second kappa shape index (κ2) is 16.7. The Morgan fingerprint density at radius 3 is 2.48 bits per heavy atom. The number of thioether (sulfide) groups is 1. The molecule has 13 nitrogen and oxygen atoms in total. The van der Waals surface area contributed by atoms with Crippen LogP contribution in [0.1, 0.15) is 33.6 Å². The Bertz CT molecular complexity index is 1800. The van der Waals surface area contributed by atoms with Crippen molar-refractivity contribution in [3.63, 3.8) is 0 Å². The molecular formula is C33H45F3N6O7S3. The Morgan fingerprint density at radius 2 is 1.81 bits per heavy atom. The molecule has 2 aromatic rings. The Morgan fingerprint density at radius 1 is 1.10 bits per heavy atom. The standard InChI is InChI=1S/C33H45F3N6O7S3/c1-32(2,3)49-31(43)42-14-12-26-28(20-42)37-22-38-30(26)40-52(46,47)25-9-10-27(29(19-25)51(44,45)33(34,35)36)39-23(11-13-41-15-17-48-18-16-41)21-50-24-7-5-4-6-8-24/h4-10,19,22-23,26,28,31,39,43H,11-18,20-21H2,1-3H3,(H,37,38,40)/t23-,26?,28?,31?/m1/s1. The third-order valence-electron chi connectivity index (χ3n) is 8.73. The van der Waals surface area contributed by atoms with E-state index >= 15 is 0 Å². The highest BCUT2D eigenvalue weighted by Gasteiger charge is 2.48. The van der Waals surface area contributed by atoms with E-state index in [0.717, 1.165) is 17.0 Å². The largest absolute Gasteiger partial charge is 0.501 e. The fourth-order valence-corrected chi connectivity index (χ4v) is 9.10. The number of anilines is 1. The number of alkyl halides is 3. The number of halogens is 3. The molecule has 3 aliphatic rings. The van der Waals surface area contributed by atoms with E-state index in [-0.39, 0.29) is 18.1 Å². The summed E-state index contributed by atoms with van der Waals surface area (Å²) in [5.41, 5.74) is -6.69. The maximum Gasteiger partial charge on any atom is 0.501 e. The first kappa shape index (κ1) is 40.4. The molecule has 288 valence electrons. The molecule has 2 fully saturated rings. The van der Waals surface area contributed by atoms with Gasteiger partial charge in [-0.05, 0) is 63.9 Å². The van der Waals surface area contributed by atoms with Gasteiger partial charge in [-0.2, -0.15) is 21.6 Å². The van der Waals surface area contributed by atoms with Gasteiger partial charge in [0.15, 0.2) is 0 Å². The number of benzene rings is 2. The van der Waals surface area contributed by atoms with Crippen molar-refractivity contribution < 1.29 is 44.6 Å². The molecule has 4 atom stereocenters. The number of morpholine rings is 1. The minimum Gasteiger partial charge on any atom is -0.380 e. The lowest BCUT2D eigenvalue weighted by atomic mass is 9.90. The van der Waals surface area contributed by atoms with Gasteiger partial charge >= 0.3 is 5.51 Å². The number of amidine groups is 1. The van der Waals surface area contributed by atoms with Crippen LogP contribution in [0.15, 0.2) is 72.6 Å². The minimum atomic E-state index is -6.00. The Kier molecular flexibility index (Phi) is 13.0. The molecule has 0 radical (unpaired) electrons. The van der Waals surface area contributed by atoms with Crippen LogP contribution in [-0.2, 0) is 29.3 Å². The van der Waals surface area contributed by atoms with E-state index in [2.05, 4.69) is 24.9 Å². The number of sulfonamides is 1. The topological polar surface area (TPSA) is 162 Å². The summed E-state index contributed by atoms with van der Waals surface area (Å²) >= 11 is 1.46. The molecule has 3 unspecified atom stereocenters. The van der Waals surface area contributed by atoms with Crippen LogP contribution in [0.3, 0.4) is 0 Å². The van der Waals surface area contributed by atoms with E-state index in [4.69, 9.17) is 9.47 Å². The second-order valence-corrected chi connectivity index (χ2v) is 18.3. The van der Waals surface area contributed by atoms with Gasteiger partial charge in [-0.25, -0.2) is 8.42 Å². The van der Waals surface area contributed by atoms with Crippen LogP contribution in [0.25, 0.3) is 0 Å². The molecule has 3 aliphatic heterocycles. The number of rotatable bonds is 13. The molecule has 0 amide bonds. The average Bonchev–Trinajstić information content (AvgIpc) is 3.09. The fraction of sp³-hybridized carbons (Fsp3) is 0.576. The number of hydrogen-bond donors (Lipinski definition) is 3. The van der Waals surface area contributed by atoms with Crippen molar-refractivity contribution >= 4 is 49.5 Å². The zero-order chi connectivity index (χ0) is 37.7. The zero-order valence-corrected chi connectivity index (χ0v) is 31.6. The lowest BCUT2D eigenvalue weighted by Crippen LogP contribution is -2.55. The smallest absolute Gasteiger partial charge is 0.380 e. The molecular weight excluding hydrogens is 746 g/mol. The van der Waals surface area contributed by atoms with Gasteiger partial charge in [0.05, 0.1) is 41.8 Å². The normalized spacial score (nSPS) is 22.8. The number of nitrogens with zero attached hydrogens (tertiary/aromatic N) is 4. The molecule has 0 spiro atoms. The number of aliphatic hydroxyl groups excluding tert-OH is 1. The van der Waals surface area contributed by atoms with E-state index in [1.165, 1.54) is 18.1 Å². The van der Waals surface area contributed by atoms with Crippen LogP contribution in [0.5, 0.6) is 0 Å². The fourth-order valence-electron chi connectivity index (χ4n) is 6.02. The molecule has 5 rings (SSSR count). The molecule has 0 aliphatic carbocycles. The van der Waals surface area contributed by atoms with E-state index in [1.54, 1.807) is 25.7 Å². The van der Waals surface area contributed by atoms with Crippen molar-refractivity contribution in [2.75, 3.05) is 57.0 Å². The first-order valence-electron chi connectivity index (χ1n) is 16.9. The van der Waals surface area contributed by atoms with Gasteiger partial charge in [0.25, 0.3) is 19.9 Å². The highest BCUT2D eigenvalue weighted by molar-refractivity contribution is 7.99. The maximum absolute atomic E-state index is 14.1. The Hall–Kier alpha value is -2.78. The Balaban J connectivity index is 1.41. The summed E-state index contributed by atoms with van der Waals surface area (Å²) in [6.07, 6.45) is 0.850. The molecule has 0 aromatic heterocycles. The Labute approximate surface area is 307 Å². The van der Waals surface area contributed by atoms with Crippen LogP contribution in [0.4, 0.5) is 18.9 Å². The molecule has 19 heteroatoms. The van der Waals surface area contributed by atoms with Gasteiger partial charge in [0, 0.05) is 55.3 Å². The number of fused-ring (bicyclic) bond motifs is 1. The highest BCUT2D eigenvalue weighted by atomic mass is 32.2. The summed E-state index contributed by atoms with van der Waals surface area (Å²) in [7, 11) is -10.7. The predicted molar refractivity (Wildman–Crippen MR) is 193 cm³/mol. The monoisotopic (exact) mass is 790 g/mol. The third-order valence-corrected chi connectivity index (χ3v) is 12.7. The molecule has 52 heavy (non-hydrogen) atoms. The van der Waals surface area contributed by atoms with E-state index in [1.807, 2.05) is 30.3 Å². The molecule has 3 heterocycles. The summed E-state index contributed by atoms with van der Waals surface area (Å²) in [5.74, 6) is -0.124. The van der Waals surface area contributed by atoms with Crippen LogP contribution in [-0.4, -0.2) is 125 Å². The van der Waals surface area contributed by atoms with Gasteiger partial charge in [-0.1, -0.05) is 18.2 Å². The highest BCUT2D eigenvalue weighted by Crippen LogP contribution is 2.37. The predicted octanol–water partition coefficient (Wildman–Crippen LogP) is 3.78. The van der Waals surface area contributed by atoms with Gasteiger partial charge < -0.3 is 25.2 Å². The molecule has 2 saturated heterocycles. The molecule has 2 aromatic carbocycles. The number of aliphatic hydroxyl groups is 1. The third kappa shape index (κ3) is 10.5. The lowest BCUT2D eigenvalue weighted by molar-refractivity contribution is -0.243. The van der Waals surface area contributed by atoms with Gasteiger partial charge in [0.1, 0.15) is 10.7 Å². The number of sulfone groups is 1. The lowest BCUT2D eigenvalue weighted by Gasteiger charge is -2.41. The first-order chi connectivity index (χ1) is 24.4. The average molecular weight is 791 g/mol. The van der Waals surface area contributed by atoms with Gasteiger partial charge in [0.2, 0.25) is 6.41 Å². The van der Waals surface area contributed by atoms with Crippen molar-refractivity contribution in [1.82, 2.24) is 15.1 Å². The minimum absolute atomic E-state index is 0.00873. The van der Waals surface area contributed by atoms with Crippen molar-refractivity contribution in [2.45, 2.75) is 77.9 Å². The van der Waals surface area contributed by atoms with Crippen LogP contribution < -0.4 is 10.6 Å². The number of ether oxygens (including phenoxy) is 2. The van der Waals surface area contributed by atoms with Gasteiger partial charge in [-0.15, -0.1) is 16.2 Å². The second-order valence-electron chi connectivity index (χ2n) is 13.7. The van der Waals surface area contributed by atoms with E-state index in [0.29, 0.717) is 64.1 Å². The van der Waals surface area contributed by atoms with Crippen molar-refractivity contribution in [1.29, 1.82) is 0 Å². The van der Waals surface area contributed by atoms with Crippen molar-refractivity contribution in [2.24, 2.45) is 15.3 Å². The summed E-state index contributed by atoms with van der Waals surface area (Å²) in [6, 6.07) is 11.0. The van der Waals surface area contributed by atoms with Crippen LogP contribution in [0, 0.1) is 5.92 Å². The van der Waals surface area contributed by atoms with Crippen molar-refractivity contribution in [3.05, 3.63) is 48.5 Å².